The van der Waals surface area contributed by atoms with Crippen LogP contribution in [0.15, 0.2) is 24.4 Å². The van der Waals surface area contributed by atoms with Crippen LogP contribution in [0.3, 0.4) is 0 Å². The Morgan fingerprint density at radius 3 is 2.25 bits per heavy atom. The van der Waals surface area contributed by atoms with Gasteiger partial charge >= 0.3 is 0 Å². The Labute approximate surface area is 147 Å². The van der Waals surface area contributed by atoms with Gasteiger partial charge in [0.1, 0.15) is 0 Å². The second-order valence-corrected chi connectivity index (χ2v) is 6.22. The van der Waals surface area contributed by atoms with E-state index in [1.807, 2.05) is 0 Å². The standard InChI is InChI=1S/C21H31N3/c1-6-23(7-2)14-10-11-18-12-13-21-20(15-18)19(16-22(21)5)17-24(8-3)9-4/h12-13,15-16H,6-9,14,17H2,1-5H3. The van der Waals surface area contributed by atoms with Crippen molar-refractivity contribution in [3.8, 4) is 11.8 Å². The van der Waals surface area contributed by atoms with Gasteiger partial charge in [0.25, 0.3) is 0 Å². The lowest BCUT2D eigenvalue weighted by atomic mass is 10.1. The second kappa shape index (κ2) is 8.92. The summed E-state index contributed by atoms with van der Waals surface area (Å²) in [4.78, 5) is 4.79. The molecule has 0 unspecified atom stereocenters. The molecule has 1 aromatic carbocycles. The van der Waals surface area contributed by atoms with Crippen molar-refractivity contribution < 1.29 is 0 Å². The zero-order chi connectivity index (χ0) is 17.5. The Kier molecular flexibility index (Phi) is 6.90. The fourth-order valence-corrected chi connectivity index (χ4v) is 3.07. The largest absolute Gasteiger partial charge is 0.350 e. The Balaban J connectivity index is 2.27. The van der Waals surface area contributed by atoms with Gasteiger partial charge in [-0.25, -0.2) is 0 Å². The van der Waals surface area contributed by atoms with Crippen LogP contribution in [0.25, 0.3) is 10.9 Å². The third-order valence-corrected chi connectivity index (χ3v) is 4.79. The normalized spacial score (nSPS) is 11.3. The number of fused-ring (bicyclic) bond motifs is 1. The van der Waals surface area contributed by atoms with E-state index in [1.165, 1.54) is 16.5 Å². The molecule has 3 nitrogen and oxygen atoms in total. The monoisotopic (exact) mass is 325 g/mol. The summed E-state index contributed by atoms with van der Waals surface area (Å²) in [5, 5.41) is 1.33. The van der Waals surface area contributed by atoms with Crippen LogP contribution >= 0.6 is 0 Å². The van der Waals surface area contributed by atoms with Crippen molar-refractivity contribution in [3.05, 3.63) is 35.5 Å². The smallest absolute Gasteiger partial charge is 0.0605 e. The predicted octanol–water partition coefficient (Wildman–Crippen LogP) is 3.71. The highest BCUT2D eigenvalue weighted by molar-refractivity contribution is 5.85. The maximum atomic E-state index is 3.34. The van der Waals surface area contributed by atoms with Gasteiger partial charge in [-0.3, -0.25) is 9.80 Å². The van der Waals surface area contributed by atoms with E-state index in [4.69, 9.17) is 0 Å². The first-order valence-corrected chi connectivity index (χ1v) is 9.14. The van der Waals surface area contributed by atoms with E-state index in [0.717, 1.165) is 44.8 Å². The van der Waals surface area contributed by atoms with Gasteiger partial charge in [0.05, 0.1) is 6.54 Å². The summed E-state index contributed by atoms with van der Waals surface area (Å²) < 4.78 is 2.22. The highest BCUT2D eigenvalue weighted by Gasteiger charge is 2.09. The minimum atomic E-state index is 0.839. The molecular weight excluding hydrogens is 294 g/mol. The minimum Gasteiger partial charge on any atom is -0.350 e. The van der Waals surface area contributed by atoms with Crippen LogP contribution in [-0.2, 0) is 13.6 Å². The van der Waals surface area contributed by atoms with E-state index >= 15 is 0 Å². The van der Waals surface area contributed by atoms with Gasteiger partial charge in [0.2, 0.25) is 0 Å². The molecule has 0 saturated carbocycles. The minimum absolute atomic E-state index is 0.839. The molecule has 24 heavy (non-hydrogen) atoms. The molecule has 0 amide bonds. The van der Waals surface area contributed by atoms with Crippen molar-refractivity contribution in [3.63, 3.8) is 0 Å². The maximum absolute atomic E-state index is 3.34. The highest BCUT2D eigenvalue weighted by Crippen LogP contribution is 2.23. The summed E-state index contributed by atoms with van der Waals surface area (Å²) in [6.07, 6.45) is 2.26. The Bertz CT molecular complexity index is 710. The van der Waals surface area contributed by atoms with Crippen LogP contribution in [-0.4, -0.2) is 47.1 Å². The lowest BCUT2D eigenvalue weighted by Crippen LogP contribution is -2.22. The van der Waals surface area contributed by atoms with E-state index in [2.05, 4.69) is 85.3 Å². The Morgan fingerprint density at radius 1 is 0.958 bits per heavy atom. The van der Waals surface area contributed by atoms with Crippen LogP contribution < -0.4 is 0 Å². The van der Waals surface area contributed by atoms with Crippen LogP contribution in [0.1, 0.15) is 38.8 Å². The number of hydrogen-bond donors (Lipinski definition) is 0. The summed E-state index contributed by atoms with van der Waals surface area (Å²) in [6, 6.07) is 6.59. The van der Waals surface area contributed by atoms with Gasteiger partial charge < -0.3 is 4.57 Å². The van der Waals surface area contributed by atoms with Gasteiger partial charge in [-0.05, 0) is 49.9 Å². The lowest BCUT2D eigenvalue weighted by Gasteiger charge is -2.17. The summed E-state index contributed by atoms with van der Waals surface area (Å²) in [6.45, 7) is 14.9. The molecule has 0 aliphatic rings. The van der Waals surface area contributed by atoms with Crippen molar-refractivity contribution in [1.82, 2.24) is 14.4 Å². The maximum Gasteiger partial charge on any atom is 0.0605 e. The first-order valence-electron chi connectivity index (χ1n) is 9.14. The molecule has 0 fully saturated rings. The predicted molar refractivity (Wildman–Crippen MR) is 104 cm³/mol. The van der Waals surface area contributed by atoms with Gasteiger partial charge in [-0.15, -0.1) is 0 Å². The Morgan fingerprint density at radius 2 is 1.62 bits per heavy atom. The number of hydrogen-bond acceptors (Lipinski definition) is 2. The topological polar surface area (TPSA) is 11.4 Å². The van der Waals surface area contributed by atoms with Crippen LogP contribution in [0.4, 0.5) is 0 Å². The van der Waals surface area contributed by atoms with Crippen molar-refractivity contribution in [2.24, 2.45) is 7.05 Å². The average Bonchev–Trinajstić information content (AvgIpc) is 2.92. The van der Waals surface area contributed by atoms with Crippen LogP contribution in [0.2, 0.25) is 0 Å². The van der Waals surface area contributed by atoms with E-state index in [-0.39, 0.29) is 0 Å². The molecule has 0 N–H and O–H groups in total. The molecule has 0 aliphatic heterocycles. The number of aromatic nitrogens is 1. The van der Waals surface area contributed by atoms with Crippen molar-refractivity contribution in [2.75, 3.05) is 32.7 Å². The summed E-state index contributed by atoms with van der Waals surface area (Å²) >= 11 is 0. The zero-order valence-electron chi connectivity index (χ0n) is 15.9. The number of rotatable bonds is 7. The molecule has 1 heterocycles. The van der Waals surface area contributed by atoms with Crippen molar-refractivity contribution in [1.29, 1.82) is 0 Å². The molecule has 0 radical (unpaired) electrons. The molecule has 0 atom stereocenters. The van der Waals surface area contributed by atoms with E-state index in [1.54, 1.807) is 0 Å². The quantitative estimate of drug-likeness (QED) is 0.719. The third kappa shape index (κ3) is 4.41. The molecule has 2 rings (SSSR count). The van der Waals surface area contributed by atoms with Crippen LogP contribution in [0, 0.1) is 11.8 Å². The third-order valence-electron chi connectivity index (χ3n) is 4.79. The fraction of sp³-hybridized carbons (Fsp3) is 0.524. The molecule has 0 bridgehead atoms. The molecule has 2 aromatic rings. The molecule has 3 heteroatoms. The van der Waals surface area contributed by atoms with Crippen molar-refractivity contribution >= 4 is 10.9 Å². The number of nitrogens with zero attached hydrogens (tertiary/aromatic N) is 3. The van der Waals surface area contributed by atoms with Gasteiger partial charge in [0, 0.05) is 36.3 Å². The van der Waals surface area contributed by atoms with Gasteiger partial charge in [0.15, 0.2) is 0 Å². The fourth-order valence-electron chi connectivity index (χ4n) is 3.07. The molecule has 0 aliphatic carbocycles. The highest BCUT2D eigenvalue weighted by atomic mass is 15.1. The summed E-state index contributed by atoms with van der Waals surface area (Å²) in [7, 11) is 2.12. The van der Waals surface area contributed by atoms with Gasteiger partial charge in [-0.2, -0.15) is 0 Å². The first kappa shape index (κ1) is 18.6. The number of aryl methyl sites for hydroxylation is 1. The summed E-state index contributed by atoms with van der Waals surface area (Å²) in [5.74, 6) is 6.66. The Hall–Kier alpha value is -1.76. The molecular formula is C21H31N3. The van der Waals surface area contributed by atoms with E-state index < -0.39 is 0 Å². The lowest BCUT2D eigenvalue weighted by molar-refractivity contribution is 0.297. The SMILES string of the molecule is CCN(CC)CC#Cc1ccc2c(c1)c(CN(CC)CC)cn2C. The molecule has 0 spiro atoms. The molecule has 0 saturated heterocycles. The molecule has 130 valence electrons. The second-order valence-electron chi connectivity index (χ2n) is 6.22. The zero-order valence-corrected chi connectivity index (χ0v) is 15.9. The van der Waals surface area contributed by atoms with Gasteiger partial charge in [-0.1, -0.05) is 39.5 Å². The number of benzene rings is 1. The van der Waals surface area contributed by atoms with E-state index in [0.29, 0.717) is 0 Å². The first-order chi connectivity index (χ1) is 11.6. The van der Waals surface area contributed by atoms with Crippen molar-refractivity contribution in [2.45, 2.75) is 34.2 Å². The summed E-state index contributed by atoms with van der Waals surface area (Å²) in [5.41, 5.74) is 3.79. The van der Waals surface area contributed by atoms with Crippen LogP contribution in [0.5, 0.6) is 0 Å². The van der Waals surface area contributed by atoms with E-state index in [9.17, 15) is 0 Å². The molecule has 1 aromatic heterocycles. The average molecular weight is 326 g/mol.